The predicted molar refractivity (Wildman–Crippen MR) is 126 cm³/mol. The quantitative estimate of drug-likeness (QED) is 0.427. The molecule has 2 aromatic rings. The molecule has 9 nitrogen and oxygen atoms in total. The van der Waals surface area contributed by atoms with Crippen molar-refractivity contribution < 1.29 is 19.4 Å². The molecular weight excluding hydrogens is 410 g/mol. The van der Waals surface area contributed by atoms with Gasteiger partial charge in [0.05, 0.1) is 23.9 Å². The minimum absolute atomic E-state index is 0.299. The molecular formula is C23H35N5O4. The van der Waals surface area contributed by atoms with Crippen LogP contribution >= 0.6 is 0 Å². The van der Waals surface area contributed by atoms with Crippen LogP contribution < -0.4 is 20.3 Å². The first-order chi connectivity index (χ1) is 15.3. The number of anilines is 3. The van der Waals surface area contributed by atoms with E-state index in [1.165, 1.54) is 4.90 Å². The number of carbonyl (C=O) groups is 1. The normalized spacial score (nSPS) is 12.2. The second kappa shape index (κ2) is 12.2. The van der Waals surface area contributed by atoms with E-state index in [-0.39, 0.29) is 12.1 Å². The molecule has 0 spiro atoms. The first-order valence-electron chi connectivity index (χ1n) is 10.9. The molecule has 1 aromatic heterocycles. The Kier molecular flexibility index (Phi) is 9.67. The van der Waals surface area contributed by atoms with Crippen molar-refractivity contribution in [2.45, 2.75) is 52.2 Å². The second-order valence-corrected chi connectivity index (χ2v) is 7.95. The van der Waals surface area contributed by atoms with Crippen LogP contribution in [-0.2, 0) is 4.74 Å². The summed E-state index contributed by atoms with van der Waals surface area (Å²) in [7, 11) is 1.66. The standard InChI is InChI=1S/C23H35N5O4/c1-6-32-19-11-9-18(10-12-19)28(22(29)25-14-7-8-16-31-5)20-13-15-24-21(27-20)26-17(2)23(3,4)30/h9-13,15,17,30H,6-8,14,16H2,1-5H3,(H,25,29)(H,24,26,27)/t17-/m0/s1. The molecule has 0 fully saturated rings. The molecule has 1 aromatic carbocycles. The highest BCUT2D eigenvalue weighted by Gasteiger charge is 2.24. The molecule has 0 radical (unpaired) electrons. The maximum absolute atomic E-state index is 13.1. The van der Waals surface area contributed by atoms with Crippen molar-refractivity contribution in [2.75, 3.05) is 37.1 Å². The highest BCUT2D eigenvalue weighted by molar-refractivity contribution is 5.98. The third kappa shape index (κ3) is 7.65. The molecule has 0 saturated heterocycles. The molecule has 0 saturated carbocycles. The molecule has 0 aliphatic rings. The topological polar surface area (TPSA) is 109 Å². The summed E-state index contributed by atoms with van der Waals surface area (Å²) in [5.74, 6) is 1.45. The SMILES string of the molecule is CCOc1ccc(N(C(=O)NCCCCOC)c2ccnc(N[C@@H](C)C(C)(C)O)n2)cc1. The second-order valence-electron chi connectivity index (χ2n) is 7.95. The predicted octanol–water partition coefficient (Wildman–Crippen LogP) is 3.72. The minimum Gasteiger partial charge on any atom is -0.494 e. The highest BCUT2D eigenvalue weighted by Crippen LogP contribution is 2.27. The average Bonchev–Trinajstić information content (AvgIpc) is 2.75. The zero-order valence-corrected chi connectivity index (χ0v) is 19.6. The summed E-state index contributed by atoms with van der Waals surface area (Å²) in [6, 6.07) is 8.32. The molecule has 32 heavy (non-hydrogen) atoms. The Morgan fingerprint density at radius 1 is 1.22 bits per heavy atom. The van der Waals surface area contributed by atoms with Crippen LogP contribution in [0.5, 0.6) is 5.75 Å². The van der Waals surface area contributed by atoms with E-state index in [0.717, 1.165) is 18.6 Å². The lowest BCUT2D eigenvalue weighted by molar-refractivity contribution is 0.0646. The van der Waals surface area contributed by atoms with Gasteiger partial charge in [-0.3, -0.25) is 0 Å². The van der Waals surface area contributed by atoms with Crippen molar-refractivity contribution in [3.8, 4) is 5.75 Å². The van der Waals surface area contributed by atoms with Crippen molar-refractivity contribution in [2.24, 2.45) is 0 Å². The average molecular weight is 446 g/mol. The van der Waals surface area contributed by atoms with Gasteiger partial charge in [-0.2, -0.15) is 4.98 Å². The van der Waals surface area contributed by atoms with E-state index in [2.05, 4.69) is 20.6 Å². The van der Waals surface area contributed by atoms with E-state index in [4.69, 9.17) is 9.47 Å². The van der Waals surface area contributed by atoms with Gasteiger partial charge in [-0.1, -0.05) is 0 Å². The summed E-state index contributed by atoms with van der Waals surface area (Å²) >= 11 is 0. The molecule has 9 heteroatoms. The summed E-state index contributed by atoms with van der Waals surface area (Å²) in [6.45, 7) is 8.90. The fraction of sp³-hybridized carbons (Fsp3) is 0.522. The van der Waals surface area contributed by atoms with Crippen molar-refractivity contribution in [3.05, 3.63) is 36.5 Å². The largest absolute Gasteiger partial charge is 0.494 e. The number of aliphatic hydroxyl groups is 1. The first kappa shape index (κ1) is 25.4. The molecule has 2 rings (SSSR count). The summed E-state index contributed by atoms with van der Waals surface area (Å²) in [5.41, 5.74) is -0.323. The number of benzene rings is 1. The van der Waals surface area contributed by atoms with Crippen molar-refractivity contribution in [1.29, 1.82) is 0 Å². The van der Waals surface area contributed by atoms with Crippen LogP contribution in [0.1, 0.15) is 40.5 Å². The Morgan fingerprint density at radius 2 is 1.94 bits per heavy atom. The van der Waals surface area contributed by atoms with E-state index in [1.54, 1.807) is 33.2 Å². The third-order valence-corrected chi connectivity index (χ3v) is 4.94. The lowest BCUT2D eigenvalue weighted by atomic mass is 10.0. The van der Waals surface area contributed by atoms with Gasteiger partial charge in [-0.15, -0.1) is 0 Å². The monoisotopic (exact) mass is 445 g/mol. The van der Waals surface area contributed by atoms with Gasteiger partial charge in [0.1, 0.15) is 11.6 Å². The summed E-state index contributed by atoms with van der Waals surface area (Å²) in [5, 5.41) is 16.2. The minimum atomic E-state index is -0.965. The molecule has 0 bridgehead atoms. The van der Waals surface area contributed by atoms with Gasteiger partial charge in [0.25, 0.3) is 0 Å². The van der Waals surface area contributed by atoms with Crippen molar-refractivity contribution >= 4 is 23.5 Å². The van der Waals surface area contributed by atoms with Crippen LogP contribution in [0.2, 0.25) is 0 Å². The Morgan fingerprint density at radius 3 is 2.56 bits per heavy atom. The number of rotatable bonds is 12. The molecule has 1 heterocycles. The number of unbranched alkanes of at least 4 members (excludes halogenated alkanes) is 1. The van der Waals surface area contributed by atoms with Gasteiger partial charge in [-0.25, -0.2) is 14.7 Å². The number of carbonyl (C=O) groups excluding carboxylic acids is 1. The molecule has 0 aliphatic carbocycles. The lowest BCUT2D eigenvalue weighted by Gasteiger charge is -2.27. The number of ether oxygens (including phenoxy) is 2. The fourth-order valence-electron chi connectivity index (χ4n) is 2.77. The van der Waals surface area contributed by atoms with Crippen molar-refractivity contribution in [3.63, 3.8) is 0 Å². The number of aromatic nitrogens is 2. The Bertz CT molecular complexity index is 839. The van der Waals surface area contributed by atoms with Crippen LogP contribution in [0.25, 0.3) is 0 Å². The van der Waals surface area contributed by atoms with Crippen LogP contribution in [0, 0.1) is 0 Å². The van der Waals surface area contributed by atoms with Gasteiger partial charge < -0.3 is 25.2 Å². The summed E-state index contributed by atoms with van der Waals surface area (Å²) in [6.07, 6.45) is 3.24. The summed E-state index contributed by atoms with van der Waals surface area (Å²) in [4.78, 5) is 23.4. The van der Waals surface area contributed by atoms with Crippen LogP contribution in [-0.4, -0.2) is 59.6 Å². The van der Waals surface area contributed by atoms with E-state index < -0.39 is 5.60 Å². The zero-order chi connectivity index (χ0) is 23.6. The maximum atomic E-state index is 13.1. The molecule has 176 valence electrons. The summed E-state index contributed by atoms with van der Waals surface area (Å²) < 4.78 is 10.6. The number of hydrogen-bond donors (Lipinski definition) is 3. The Labute approximate surface area is 190 Å². The fourth-order valence-corrected chi connectivity index (χ4v) is 2.77. The highest BCUT2D eigenvalue weighted by atomic mass is 16.5. The number of hydrogen-bond acceptors (Lipinski definition) is 7. The number of methoxy groups -OCH3 is 1. The Balaban J connectivity index is 2.27. The van der Waals surface area contributed by atoms with Crippen LogP contribution in [0.3, 0.4) is 0 Å². The smallest absolute Gasteiger partial charge is 0.327 e. The van der Waals surface area contributed by atoms with E-state index in [0.29, 0.717) is 37.2 Å². The molecule has 0 aliphatic heterocycles. The van der Waals surface area contributed by atoms with E-state index >= 15 is 0 Å². The molecule has 0 unspecified atom stereocenters. The van der Waals surface area contributed by atoms with Gasteiger partial charge in [0.15, 0.2) is 0 Å². The third-order valence-electron chi connectivity index (χ3n) is 4.94. The van der Waals surface area contributed by atoms with Crippen LogP contribution in [0.4, 0.5) is 22.2 Å². The van der Waals surface area contributed by atoms with Gasteiger partial charge in [0, 0.05) is 32.5 Å². The molecule has 2 amide bonds. The number of nitrogens with one attached hydrogen (secondary N) is 2. The molecule has 1 atom stereocenters. The molecule has 3 N–H and O–H groups in total. The lowest BCUT2D eigenvalue weighted by Crippen LogP contribution is -2.40. The number of nitrogens with zero attached hydrogens (tertiary/aromatic N) is 3. The number of urea groups is 1. The van der Waals surface area contributed by atoms with Gasteiger partial charge in [0.2, 0.25) is 5.95 Å². The van der Waals surface area contributed by atoms with Crippen molar-refractivity contribution in [1.82, 2.24) is 15.3 Å². The Hall–Kier alpha value is -2.91. The first-order valence-corrected chi connectivity index (χ1v) is 10.9. The number of amides is 2. The van der Waals surface area contributed by atoms with Gasteiger partial charge >= 0.3 is 6.03 Å². The van der Waals surface area contributed by atoms with E-state index in [9.17, 15) is 9.90 Å². The maximum Gasteiger partial charge on any atom is 0.327 e. The van der Waals surface area contributed by atoms with Crippen LogP contribution in [0.15, 0.2) is 36.5 Å². The van der Waals surface area contributed by atoms with Gasteiger partial charge in [-0.05, 0) is 64.8 Å². The van der Waals surface area contributed by atoms with E-state index in [1.807, 2.05) is 38.1 Å². The zero-order valence-electron chi connectivity index (χ0n) is 19.6.